The van der Waals surface area contributed by atoms with Crippen LogP contribution in [0.3, 0.4) is 0 Å². The predicted molar refractivity (Wildman–Crippen MR) is 90.0 cm³/mol. The lowest BCUT2D eigenvalue weighted by Gasteiger charge is -2.34. The minimum atomic E-state index is 0.0542. The van der Waals surface area contributed by atoms with E-state index in [-0.39, 0.29) is 12.1 Å². The second kappa shape index (κ2) is 8.15. The van der Waals surface area contributed by atoms with E-state index < -0.39 is 0 Å². The number of likely N-dealkylation sites (N-methyl/N-ethyl adjacent to an activating group) is 2. The molecule has 1 saturated heterocycles. The van der Waals surface area contributed by atoms with Gasteiger partial charge >= 0.3 is 6.03 Å². The van der Waals surface area contributed by atoms with Gasteiger partial charge in [0.05, 0.1) is 6.04 Å². The number of hydrogen-bond acceptors (Lipinski definition) is 3. The number of nitrogens with one attached hydrogen (secondary N) is 1. The number of carbonyl (C=O) groups excluding carboxylic acids is 1. The molecule has 0 spiro atoms. The lowest BCUT2D eigenvalue weighted by atomic mass is 10.1. The second-order valence-electron chi connectivity index (χ2n) is 6.00. The number of urea groups is 1. The molecule has 1 heterocycles. The summed E-state index contributed by atoms with van der Waals surface area (Å²) >= 11 is 0. The molecule has 2 amide bonds. The number of hydrogen-bond donors (Lipinski definition) is 1. The van der Waals surface area contributed by atoms with Crippen molar-refractivity contribution in [2.24, 2.45) is 0 Å². The van der Waals surface area contributed by atoms with Crippen molar-refractivity contribution in [3.05, 3.63) is 35.9 Å². The zero-order chi connectivity index (χ0) is 15.9. The SMILES string of the molecule is CCN1CCN(C(=O)NCC(c2ccccc2)N(C)C)CC1. The van der Waals surface area contributed by atoms with Crippen LogP contribution in [-0.2, 0) is 0 Å². The fourth-order valence-electron chi connectivity index (χ4n) is 2.84. The van der Waals surface area contributed by atoms with Crippen LogP contribution in [0.1, 0.15) is 18.5 Å². The zero-order valence-electron chi connectivity index (χ0n) is 14.0. The molecule has 22 heavy (non-hydrogen) atoms. The highest BCUT2D eigenvalue weighted by Crippen LogP contribution is 2.16. The molecule has 2 rings (SSSR count). The molecular formula is C17H28N4O. The third kappa shape index (κ3) is 4.45. The molecule has 1 aromatic carbocycles. The van der Waals surface area contributed by atoms with Gasteiger partial charge in [-0.2, -0.15) is 0 Å². The van der Waals surface area contributed by atoms with E-state index in [4.69, 9.17) is 0 Å². The highest BCUT2D eigenvalue weighted by molar-refractivity contribution is 5.74. The average Bonchev–Trinajstić information content (AvgIpc) is 2.55. The number of nitrogens with zero attached hydrogens (tertiary/aromatic N) is 3. The van der Waals surface area contributed by atoms with Crippen molar-refractivity contribution in [1.29, 1.82) is 0 Å². The van der Waals surface area contributed by atoms with E-state index in [9.17, 15) is 4.79 Å². The van der Waals surface area contributed by atoms with Crippen molar-refractivity contribution in [2.75, 3.05) is 53.4 Å². The summed E-state index contributed by atoms with van der Waals surface area (Å²) in [6.07, 6.45) is 0. The molecule has 1 aliphatic heterocycles. The van der Waals surface area contributed by atoms with Crippen molar-refractivity contribution in [1.82, 2.24) is 20.0 Å². The van der Waals surface area contributed by atoms with Crippen LogP contribution in [0.5, 0.6) is 0 Å². The standard InChI is InChI=1S/C17H28N4O/c1-4-20-10-12-21(13-11-20)17(22)18-14-16(19(2)3)15-8-6-5-7-9-15/h5-9,16H,4,10-14H2,1-3H3,(H,18,22). The Hall–Kier alpha value is -1.59. The van der Waals surface area contributed by atoms with Crippen molar-refractivity contribution < 1.29 is 4.79 Å². The maximum Gasteiger partial charge on any atom is 0.317 e. The zero-order valence-corrected chi connectivity index (χ0v) is 14.0. The Morgan fingerprint density at radius 2 is 1.82 bits per heavy atom. The van der Waals surface area contributed by atoms with Crippen molar-refractivity contribution in [3.63, 3.8) is 0 Å². The first-order valence-corrected chi connectivity index (χ1v) is 8.08. The van der Waals surface area contributed by atoms with Gasteiger partial charge in [-0.05, 0) is 26.2 Å². The Morgan fingerprint density at radius 1 is 1.18 bits per heavy atom. The lowest BCUT2D eigenvalue weighted by molar-refractivity contribution is 0.141. The van der Waals surface area contributed by atoms with E-state index in [1.807, 2.05) is 37.2 Å². The molecule has 122 valence electrons. The van der Waals surface area contributed by atoms with Crippen LogP contribution < -0.4 is 5.32 Å². The predicted octanol–water partition coefficient (Wildman–Crippen LogP) is 1.64. The van der Waals surface area contributed by atoms with Gasteiger partial charge in [-0.1, -0.05) is 37.3 Å². The van der Waals surface area contributed by atoms with Gasteiger partial charge < -0.3 is 20.0 Å². The van der Waals surface area contributed by atoms with Crippen LogP contribution in [0.25, 0.3) is 0 Å². The van der Waals surface area contributed by atoms with Gasteiger partial charge in [0.25, 0.3) is 0 Å². The fraction of sp³-hybridized carbons (Fsp3) is 0.588. The summed E-state index contributed by atoms with van der Waals surface area (Å²) in [6, 6.07) is 10.6. The van der Waals surface area contributed by atoms with Crippen molar-refractivity contribution in [3.8, 4) is 0 Å². The van der Waals surface area contributed by atoms with Crippen LogP contribution in [0.2, 0.25) is 0 Å². The van der Waals surface area contributed by atoms with E-state index in [0.29, 0.717) is 6.54 Å². The number of carbonyl (C=O) groups is 1. The molecule has 0 radical (unpaired) electrons. The third-order valence-corrected chi connectivity index (χ3v) is 4.36. The Kier molecular flexibility index (Phi) is 6.21. The van der Waals surface area contributed by atoms with E-state index in [0.717, 1.165) is 32.7 Å². The molecule has 0 saturated carbocycles. The van der Waals surface area contributed by atoms with E-state index in [2.05, 4.69) is 34.2 Å². The second-order valence-corrected chi connectivity index (χ2v) is 6.00. The summed E-state index contributed by atoms with van der Waals surface area (Å²) in [5, 5.41) is 3.09. The Balaban J connectivity index is 1.86. The first kappa shape index (κ1) is 16.8. The highest BCUT2D eigenvalue weighted by Gasteiger charge is 2.21. The van der Waals surface area contributed by atoms with Crippen LogP contribution >= 0.6 is 0 Å². The smallest absolute Gasteiger partial charge is 0.317 e. The maximum atomic E-state index is 12.3. The molecular weight excluding hydrogens is 276 g/mol. The van der Waals surface area contributed by atoms with Gasteiger partial charge in [-0.3, -0.25) is 0 Å². The minimum Gasteiger partial charge on any atom is -0.336 e. The molecule has 1 fully saturated rings. The van der Waals surface area contributed by atoms with Crippen molar-refractivity contribution in [2.45, 2.75) is 13.0 Å². The van der Waals surface area contributed by atoms with Gasteiger partial charge in [0.1, 0.15) is 0 Å². The molecule has 1 atom stereocenters. The van der Waals surface area contributed by atoms with Gasteiger partial charge in [-0.25, -0.2) is 4.79 Å². The summed E-state index contributed by atoms with van der Waals surface area (Å²) in [4.78, 5) is 18.8. The largest absolute Gasteiger partial charge is 0.336 e. The number of amides is 2. The topological polar surface area (TPSA) is 38.8 Å². The van der Waals surface area contributed by atoms with Gasteiger partial charge in [0.15, 0.2) is 0 Å². The van der Waals surface area contributed by atoms with E-state index in [1.165, 1.54) is 5.56 Å². The number of rotatable bonds is 5. The molecule has 1 unspecified atom stereocenters. The van der Waals surface area contributed by atoms with Crippen LogP contribution in [0.4, 0.5) is 4.79 Å². The minimum absolute atomic E-state index is 0.0542. The Morgan fingerprint density at radius 3 is 2.36 bits per heavy atom. The molecule has 5 heteroatoms. The summed E-state index contributed by atoms with van der Waals surface area (Å²) in [5.41, 5.74) is 1.23. The maximum absolute atomic E-state index is 12.3. The summed E-state index contributed by atoms with van der Waals surface area (Å²) in [5.74, 6) is 0. The molecule has 0 bridgehead atoms. The first-order chi connectivity index (χ1) is 10.6. The molecule has 5 nitrogen and oxygen atoms in total. The van der Waals surface area contributed by atoms with Gasteiger partial charge in [-0.15, -0.1) is 0 Å². The first-order valence-electron chi connectivity index (χ1n) is 8.08. The quantitative estimate of drug-likeness (QED) is 0.899. The van der Waals surface area contributed by atoms with Gasteiger partial charge in [0, 0.05) is 32.7 Å². The lowest BCUT2D eigenvalue weighted by Crippen LogP contribution is -2.52. The van der Waals surface area contributed by atoms with E-state index >= 15 is 0 Å². The van der Waals surface area contributed by atoms with Crippen LogP contribution in [0, 0.1) is 0 Å². The normalized spacial score (nSPS) is 17.5. The van der Waals surface area contributed by atoms with Crippen LogP contribution in [0.15, 0.2) is 30.3 Å². The number of piperazine rings is 1. The van der Waals surface area contributed by atoms with Crippen molar-refractivity contribution >= 4 is 6.03 Å². The Labute approximate surface area is 133 Å². The summed E-state index contributed by atoms with van der Waals surface area (Å²) in [7, 11) is 4.09. The molecule has 1 aliphatic rings. The fourth-order valence-corrected chi connectivity index (χ4v) is 2.84. The van der Waals surface area contributed by atoms with Gasteiger partial charge in [0.2, 0.25) is 0 Å². The molecule has 0 aromatic heterocycles. The summed E-state index contributed by atoms with van der Waals surface area (Å²) < 4.78 is 0. The third-order valence-electron chi connectivity index (χ3n) is 4.36. The van der Waals surface area contributed by atoms with Crippen LogP contribution in [-0.4, -0.2) is 74.1 Å². The summed E-state index contributed by atoms with van der Waals surface area (Å²) in [6.45, 7) is 7.43. The highest BCUT2D eigenvalue weighted by atomic mass is 16.2. The number of benzene rings is 1. The molecule has 0 aliphatic carbocycles. The monoisotopic (exact) mass is 304 g/mol. The molecule has 1 aromatic rings. The van der Waals surface area contributed by atoms with E-state index in [1.54, 1.807) is 0 Å². The average molecular weight is 304 g/mol. The Bertz CT molecular complexity index is 455. The molecule has 1 N–H and O–H groups in total.